The molecule has 1 aromatic rings. The van der Waals surface area contributed by atoms with Gasteiger partial charge in [0.05, 0.1) is 19.1 Å². The van der Waals surface area contributed by atoms with Crippen molar-refractivity contribution in [1.29, 1.82) is 0 Å². The van der Waals surface area contributed by atoms with Crippen LogP contribution < -0.4 is 0 Å². The summed E-state index contributed by atoms with van der Waals surface area (Å²) in [6, 6.07) is 6.61. The Morgan fingerprint density at radius 3 is 2.26 bits per heavy atom. The van der Waals surface area contributed by atoms with Gasteiger partial charge in [-0.3, -0.25) is 13.9 Å². The van der Waals surface area contributed by atoms with Crippen LogP contribution in [0.1, 0.15) is 24.8 Å². The zero-order valence-electron chi connectivity index (χ0n) is 15.6. The van der Waals surface area contributed by atoms with Crippen LogP contribution in [0.4, 0.5) is 0 Å². The molecule has 1 aliphatic heterocycles. The molecule has 8 heteroatoms. The van der Waals surface area contributed by atoms with E-state index in [0.717, 1.165) is 5.56 Å². The van der Waals surface area contributed by atoms with Crippen molar-refractivity contribution in [2.45, 2.75) is 31.1 Å². The number of nitrogens with zero attached hydrogens (tertiary/aromatic N) is 1. The van der Waals surface area contributed by atoms with E-state index in [4.69, 9.17) is 9.47 Å². The number of methoxy groups -OCH3 is 2. The molecule has 1 fully saturated rings. The maximum Gasteiger partial charge on any atom is 0.323 e. The van der Waals surface area contributed by atoms with Crippen molar-refractivity contribution in [3.05, 3.63) is 41.6 Å². The number of hydrogen-bond donors (Lipinski definition) is 0. The molecule has 1 aromatic carbocycles. The van der Waals surface area contributed by atoms with Crippen LogP contribution in [0, 0.1) is 18.3 Å². The fraction of sp³-hybridized carbons (Fsp3) is 0.474. The number of benzene rings is 1. The van der Waals surface area contributed by atoms with Crippen LogP contribution in [-0.2, 0) is 29.1 Å². The van der Waals surface area contributed by atoms with E-state index in [-0.39, 0.29) is 17.9 Å². The number of fused-ring (bicyclic) bond motifs is 1. The summed E-state index contributed by atoms with van der Waals surface area (Å²) in [6.07, 6.45) is 2.77. The molecule has 3 rings (SSSR count). The minimum Gasteiger partial charge on any atom is -0.468 e. The van der Waals surface area contributed by atoms with Crippen molar-refractivity contribution in [3.63, 3.8) is 0 Å². The molecule has 1 aliphatic carbocycles. The lowest BCUT2D eigenvalue weighted by Crippen LogP contribution is -2.49. The standard InChI is InChI=1S/C19H23NO6S/c1-13-6-8-14(9-7-13)27(23,24)20-12-10-15-16(20)5-4-11-19(15,17(21)25-2)18(22)26-3/h5-9,15H,4,10-12H2,1-3H3. The summed E-state index contributed by atoms with van der Waals surface area (Å²) >= 11 is 0. The van der Waals surface area contributed by atoms with Gasteiger partial charge in [0, 0.05) is 18.2 Å². The van der Waals surface area contributed by atoms with Crippen molar-refractivity contribution in [2.75, 3.05) is 20.8 Å². The summed E-state index contributed by atoms with van der Waals surface area (Å²) in [6.45, 7) is 2.08. The van der Waals surface area contributed by atoms with E-state index in [2.05, 4.69) is 0 Å². The molecule has 7 nitrogen and oxygen atoms in total. The molecule has 146 valence electrons. The van der Waals surface area contributed by atoms with Crippen molar-refractivity contribution >= 4 is 22.0 Å². The van der Waals surface area contributed by atoms with Gasteiger partial charge >= 0.3 is 11.9 Å². The van der Waals surface area contributed by atoms with E-state index >= 15 is 0 Å². The van der Waals surface area contributed by atoms with Gasteiger partial charge in [0.1, 0.15) is 0 Å². The Labute approximate surface area is 159 Å². The molecule has 1 heterocycles. The number of sulfonamides is 1. The number of carbonyl (C=O) groups is 2. The highest BCUT2D eigenvalue weighted by Gasteiger charge is 2.59. The smallest absolute Gasteiger partial charge is 0.323 e. The predicted molar refractivity (Wildman–Crippen MR) is 97.0 cm³/mol. The topological polar surface area (TPSA) is 90.0 Å². The molecule has 0 N–H and O–H groups in total. The van der Waals surface area contributed by atoms with Crippen LogP contribution >= 0.6 is 0 Å². The first-order chi connectivity index (χ1) is 12.8. The summed E-state index contributed by atoms with van der Waals surface area (Å²) in [5, 5.41) is 0. The number of rotatable bonds is 4. The van der Waals surface area contributed by atoms with Crippen molar-refractivity contribution in [2.24, 2.45) is 11.3 Å². The number of carbonyl (C=O) groups excluding carboxylic acids is 2. The van der Waals surface area contributed by atoms with Crippen LogP contribution in [0.5, 0.6) is 0 Å². The normalized spacial score (nSPS) is 21.2. The SMILES string of the molecule is COC(=O)C1(C(=O)OC)CCC=C2C1CCN2S(=O)(=O)c1ccc(C)cc1. The average molecular weight is 393 g/mol. The van der Waals surface area contributed by atoms with Crippen LogP contribution in [0.25, 0.3) is 0 Å². The molecule has 0 amide bonds. The van der Waals surface area contributed by atoms with Crippen LogP contribution in [0.2, 0.25) is 0 Å². The van der Waals surface area contributed by atoms with Gasteiger partial charge in [0.2, 0.25) is 0 Å². The number of esters is 2. The molecular weight excluding hydrogens is 370 g/mol. The lowest BCUT2D eigenvalue weighted by Gasteiger charge is -2.37. The first-order valence-electron chi connectivity index (χ1n) is 8.75. The summed E-state index contributed by atoms with van der Waals surface area (Å²) in [5.74, 6) is -1.95. The number of allylic oxidation sites excluding steroid dienone is 2. The largest absolute Gasteiger partial charge is 0.468 e. The van der Waals surface area contributed by atoms with Gasteiger partial charge in [-0.2, -0.15) is 0 Å². The van der Waals surface area contributed by atoms with Gasteiger partial charge in [-0.05, 0) is 38.3 Å². The van der Waals surface area contributed by atoms with Crippen molar-refractivity contribution < 1.29 is 27.5 Å². The lowest BCUT2D eigenvalue weighted by molar-refractivity contribution is -0.173. The van der Waals surface area contributed by atoms with Crippen molar-refractivity contribution in [1.82, 2.24) is 4.31 Å². The maximum absolute atomic E-state index is 13.1. The van der Waals surface area contributed by atoms with E-state index in [0.29, 0.717) is 18.5 Å². The molecule has 1 atom stereocenters. The van der Waals surface area contributed by atoms with E-state index in [1.54, 1.807) is 30.3 Å². The second kappa shape index (κ2) is 6.99. The molecular formula is C19H23NO6S. The van der Waals surface area contributed by atoms with Gasteiger partial charge < -0.3 is 9.47 Å². The Kier molecular flexibility index (Phi) is 5.03. The molecule has 2 aliphatic rings. The van der Waals surface area contributed by atoms with E-state index in [1.807, 2.05) is 6.92 Å². The quantitative estimate of drug-likeness (QED) is 0.574. The Morgan fingerprint density at radius 2 is 1.70 bits per heavy atom. The second-order valence-electron chi connectivity index (χ2n) is 6.85. The van der Waals surface area contributed by atoms with E-state index < -0.39 is 33.3 Å². The van der Waals surface area contributed by atoms with Crippen LogP contribution in [0.15, 0.2) is 40.9 Å². The minimum atomic E-state index is -3.78. The van der Waals surface area contributed by atoms with Crippen LogP contribution in [-0.4, -0.2) is 45.4 Å². The zero-order chi connectivity index (χ0) is 19.8. The Hall–Kier alpha value is -2.35. The third kappa shape index (κ3) is 2.92. The third-order valence-corrected chi connectivity index (χ3v) is 7.30. The monoisotopic (exact) mass is 393 g/mol. The highest BCUT2D eigenvalue weighted by Crippen LogP contribution is 2.50. The zero-order valence-corrected chi connectivity index (χ0v) is 16.4. The van der Waals surface area contributed by atoms with Crippen molar-refractivity contribution in [3.8, 4) is 0 Å². The summed E-state index contributed by atoms with van der Waals surface area (Å²) < 4.78 is 37.4. The minimum absolute atomic E-state index is 0.182. The molecule has 1 unspecified atom stereocenters. The van der Waals surface area contributed by atoms with Gasteiger partial charge in [-0.1, -0.05) is 23.8 Å². The van der Waals surface area contributed by atoms with Gasteiger partial charge in [0.15, 0.2) is 5.41 Å². The summed E-state index contributed by atoms with van der Waals surface area (Å²) in [7, 11) is -1.33. The molecule has 0 saturated carbocycles. The molecule has 1 saturated heterocycles. The third-order valence-electron chi connectivity index (χ3n) is 5.46. The first kappa shape index (κ1) is 19.4. The molecule has 0 radical (unpaired) electrons. The van der Waals surface area contributed by atoms with E-state index in [9.17, 15) is 18.0 Å². The predicted octanol–water partition coefficient (Wildman–Crippen LogP) is 2.02. The number of aryl methyl sites for hydroxylation is 1. The average Bonchev–Trinajstić information content (AvgIpc) is 3.12. The highest BCUT2D eigenvalue weighted by molar-refractivity contribution is 7.89. The summed E-state index contributed by atoms with van der Waals surface area (Å²) in [4.78, 5) is 25.3. The number of hydrogen-bond acceptors (Lipinski definition) is 6. The summed E-state index contributed by atoms with van der Waals surface area (Å²) in [5.41, 5.74) is -0.0800. The molecule has 0 spiro atoms. The molecule has 0 bridgehead atoms. The fourth-order valence-electron chi connectivity index (χ4n) is 4.09. The van der Waals surface area contributed by atoms with E-state index in [1.165, 1.54) is 18.5 Å². The Balaban J connectivity index is 2.03. The second-order valence-corrected chi connectivity index (χ2v) is 8.72. The Morgan fingerprint density at radius 1 is 1.11 bits per heavy atom. The van der Waals surface area contributed by atoms with Gasteiger partial charge in [0.25, 0.3) is 10.0 Å². The first-order valence-corrected chi connectivity index (χ1v) is 10.2. The highest BCUT2D eigenvalue weighted by atomic mass is 32.2. The maximum atomic E-state index is 13.1. The lowest BCUT2D eigenvalue weighted by atomic mass is 9.67. The fourth-order valence-corrected chi connectivity index (χ4v) is 5.65. The number of ether oxygens (including phenoxy) is 2. The molecule has 27 heavy (non-hydrogen) atoms. The Bertz CT molecular complexity index is 871. The molecule has 0 aromatic heterocycles. The van der Waals surface area contributed by atoms with Gasteiger partial charge in [-0.25, -0.2) is 8.42 Å². The van der Waals surface area contributed by atoms with Gasteiger partial charge in [-0.15, -0.1) is 0 Å². The van der Waals surface area contributed by atoms with Crippen LogP contribution in [0.3, 0.4) is 0 Å².